The van der Waals surface area contributed by atoms with Gasteiger partial charge in [0.15, 0.2) is 11.6 Å². The van der Waals surface area contributed by atoms with E-state index in [4.69, 9.17) is 9.84 Å². The number of carboxylic acids is 1. The number of hydrogen-bond acceptors (Lipinski definition) is 3. The van der Waals surface area contributed by atoms with Crippen molar-refractivity contribution in [2.24, 2.45) is 0 Å². The van der Waals surface area contributed by atoms with E-state index in [2.05, 4.69) is 5.10 Å². The van der Waals surface area contributed by atoms with Crippen LogP contribution in [0.3, 0.4) is 0 Å². The Morgan fingerprint density at radius 3 is 2.45 bits per heavy atom. The average Bonchev–Trinajstić information content (AvgIpc) is 2.83. The van der Waals surface area contributed by atoms with Gasteiger partial charge in [0.25, 0.3) is 0 Å². The second kappa shape index (κ2) is 6.55. The van der Waals surface area contributed by atoms with Crippen molar-refractivity contribution < 1.29 is 23.4 Å². The van der Waals surface area contributed by atoms with E-state index in [0.717, 1.165) is 23.0 Å². The van der Waals surface area contributed by atoms with Crippen LogP contribution in [0.25, 0.3) is 5.69 Å². The number of aromatic nitrogens is 2. The van der Waals surface area contributed by atoms with Crippen molar-refractivity contribution in [3.63, 3.8) is 0 Å². The van der Waals surface area contributed by atoms with E-state index in [0.29, 0.717) is 12.8 Å². The molecule has 1 heterocycles. The number of carboxylic acid groups (broad SMARTS) is 1. The van der Waals surface area contributed by atoms with Crippen molar-refractivity contribution in [2.75, 3.05) is 6.61 Å². The zero-order valence-corrected chi connectivity index (χ0v) is 12.3. The predicted molar refractivity (Wildman–Crippen MR) is 75.6 cm³/mol. The monoisotopic (exact) mass is 310 g/mol. The molecule has 22 heavy (non-hydrogen) atoms. The third-order valence-corrected chi connectivity index (χ3v) is 3.10. The van der Waals surface area contributed by atoms with Crippen LogP contribution in [0, 0.1) is 11.6 Å². The quantitative estimate of drug-likeness (QED) is 0.890. The van der Waals surface area contributed by atoms with Crippen molar-refractivity contribution >= 4 is 5.97 Å². The largest absolute Gasteiger partial charge is 0.494 e. The van der Waals surface area contributed by atoms with Gasteiger partial charge in [0.2, 0.25) is 0 Å². The van der Waals surface area contributed by atoms with Crippen LogP contribution in [-0.4, -0.2) is 27.5 Å². The third kappa shape index (κ3) is 2.93. The molecule has 5 nitrogen and oxygen atoms in total. The second-order valence-corrected chi connectivity index (χ2v) is 4.64. The van der Waals surface area contributed by atoms with Gasteiger partial charge in [-0.1, -0.05) is 13.3 Å². The molecule has 0 unspecified atom stereocenters. The lowest BCUT2D eigenvalue weighted by Crippen LogP contribution is -2.10. The van der Waals surface area contributed by atoms with Gasteiger partial charge in [0.05, 0.1) is 18.5 Å². The summed E-state index contributed by atoms with van der Waals surface area (Å²) < 4.78 is 34.5. The minimum atomic E-state index is -1.18. The van der Waals surface area contributed by atoms with E-state index in [9.17, 15) is 13.6 Å². The third-order valence-electron chi connectivity index (χ3n) is 3.10. The van der Waals surface area contributed by atoms with Gasteiger partial charge in [-0.2, -0.15) is 5.10 Å². The van der Waals surface area contributed by atoms with Gasteiger partial charge in [0, 0.05) is 12.1 Å². The van der Waals surface area contributed by atoms with Gasteiger partial charge >= 0.3 is 5.97 Å². The molecule has 0 saturated carbocycles. The van der Waals surface area contributed by atoms with Crippen LogP contribution in [0.4, 0.5) is 8.78 Å². The van der Waals surface area contributed by atoms with E-state index < -0.39 is 23.3 Å². The van der Waals surface area contributed by atoms with Gasteiger partial charge in [-0.3, -0.25) is 0 Å². The van der Waals surface area contributed by atoms with Crippen LogP contribution < -0.4 is 4.74 Å². The highest BCUT2D eigenvalue weighted by Gasteiger charge is 2.22. The molecule has 0 amide bonds. The molecular formula is C15H16F2N2O3. The van der Waals surface area contributed by atoms with Crippen LogP contribution in [0.2, 0.25) is 0 Å². The molecule has 2 aromatic rings. The number of hydrogen-bond donors (Lipinski definition) is 1. The SMILES string of the molecule is CCCc1c(C(=O)O)cnn1-c1c(F)cc(OCC)cc1F. The Labute approximate surface area is 126 Å². The highest BCUT2D eigenvalue weighted by Crippen LogP contribution is 2.26. The highest BCUT2D eigenvalue weighted by atomic mass is 19.1. The smallest absolute Gasteiger partial charge is 0.339 e. The summed E-state index contributed by atoms with van der Waals surface area (Å²) in [5, 5.41) is 13.0. The van der Waals surface area contributed by atoms with Gasteiger partial charge in [-0.25, -0.2) is 18.3 Å². The molecule has 2 rings (SSSR count). The van der Waals surface area contributed by atoms with Gasteiger partial charge in [0.1, 0.15) is 17.0 Å². The van der Waals surface area contributed by atoms with Crippen LogP contribution in [0.5, 0.6) is 5.75 Å². The molecule has 0 aliphatic heterocycles. The maximum Gasteiger partial charge on any atom is 0.339 e. The number of aromatic carboxylic acids is 1. The lowest BCUT2D eigenvalue weighted by molar-refractivity contribution is 0.0695. The minimum Gasteiger partial charge on any atom is -0.494 e. The minimum absolute atomic E-state index is 0.0606. The summed E-state index contributed by atoms with van der Waals surface area (Å²) in [5.74, 6) is -2.83. The van der Waals surface area contributed by atoms with Gasteiger partial charge < -0.3 is 9.84 Å². The molecular weight excluding hydrogens is 294 g/mol. The molecule has 1 aromatic carbocycles. The highest BCUT2D eigenvalue weighted by molar-refractivity contribution is 5.88. The lowest BCUT2D eigenvalue weighted by Gasteiger charge is -2.12. The number of nitrogens with zero attached hydrogens (tertiary/aromatic N) is 2. The van der Waals surface area contributed by atoms with Crippen LogP contribution >= 0.6 is 0 Å². The lowest BCUT2D eigenvalue weighted by atomic mass is 10.1. The first-order valence-electron chi connectivity index (χ1n) is 6.92. The fraction of sp³-hybridized carbons (Fsp3) is 0.333. The molecule has 1 N–H and O–H groups in total. The van der Waals surface area contributed by atoms with Crippen molar-refractivity contribution in [3.8, 4) is 11.4 Å². The predicted octanol–water partition coefficient (Wildman–Crippen LogP) is 3.20. The Hall–Kier alpha value is -2.44. The van der Waals surface area contributed by atoms with E-state index in [1.54, 1.807) is 6.92 Å². The first kappa shape index (κ1) is 15.9. The summed E-state index contributed by atoms with van der Waals surface area (Å²) in [6, 6.07) is 2.11. The maximum absolute atomic E-state index is 14.2. The number of rotatable bonds is 6. The van der Waals surface area contributed by atoms with Crippen molar-refractivity contribution in [3.05, 3.63) is 41.2 Å². The first-order valence-corrected chi connectivity index (χ1v) is 6.92. The number of benzene rings is 1. The van der Waals surface area contributed by atoms with E-state index in [1.165, 1.54) is 0 Å². The number of halogens is 2. The summed E-state index contributed by atoms with van der Waals surface area (Å²) in [6.45, 7) is 3.83. The second-order valence-electron chi connectivity index (χ2n) is 4.64. The molecule has 0 fully saturated rings. The summed E-state index contributed by atoms with van der Waals surface area (Å²) in [7, 11) is 0. The molecule has 0 aliphatic rings. The Morgan fingerprint density at radius 1 is 1.32 bits per heavy atom. The Balaban J connectivity index is 2.59. The van der Waals surface area contributed by atoms with Crippen molar-refractivity contribution in [1.29, 1.82) is 0 Å². The molecule has 0 aliphatic carbocycles. The molecule has 0 radical (unpaired) electrons. The summed E-state index contributed by atoms with van der Waals surface area (Å²) >= 11 is 0. The Kier molecular flexibility index (Phi) is 4.75. The molecule has 0 saturated heterocycles. The van der Waals surface area contributed by atoms with Crippen LogP contribution in [-0.2, 0) is 6.42 Å². The molecule has 0 spiro atoms. The zero-order valence-electron chi connectivity index (χ0n) is 12.3. The Morgan fingerprint density at radius 2 is 1.95 bits per heavy atom. The molecule has 0 bridgehead atoms. The fourth-order valence-corrected chi connectivity index (χ4v) is 2.22. The first-order chi connectivity index (χ1) is 10.5. The number of ether oxygens (including phenoxy) is 1. The Bertz CT molecular complexity index is 675. The van der Waals surface area contributed by atoms with E-state index in [-0.39, 0.29) is 23.6 Å². The summed E-state index contributed by atoms with van der Waals surface area (Å²) in [6.07, 6.45) is 2.06. The number of carbonyl (C=O) groups is 1. The molecule has 118 valence electrons. The molecule has 7 heteroatoms. The normalized spacial score (nSPS) is 10.7. The summed E-state index contributed by atoms with van der Waals surface area (Å²) in [5.41, 5.74) is -0.203. The fourth-order valence-electron chi connectivity index (χ4n) is 2.22. The van der Waals surface area contributed by atoms with Gasteiger partial charge in [-0.05, 0) is 13.3 Å². The maximum atomic E-state index is 14.2. The zero-order chi connectivity index (χ0) is 16.3. The molecule has 1 aromatic heterocycles. The van der Waals surface area contributed by atoms with Crippen molar-refractivity contribution in [2.45, 2.75) is 26.7 Å². The van der Waals surface area contributed by atoms with Crippen LogP contribution in [0.15, 0.2) is 18.3 Å². The van der Waals surface area contributed by atoms with Crippen LogP contribution in [0.1, 0.15) is 36.3 Å². The van der Waals surface area contributed by atoms with E-state index >= 15 is 0 Å². The standard InChI is InChI=1S/C15H16F2N2O3/c1-3-5-13-10(15(20)21)8-18-19(13)14-11(16)6-9(22-4-2)7-12(14)17/h6-8H,3-5H2,1-2H3,(H,20,21). The molecule has 0 atom stereocenters. The topological polar surface area (TPSA) is 64.3 Å². The van der Waals surface area contributed by atoms with Crippen molar-refractivity contribution in [1.82, 2.24) is 9.78 Å². The average molecular weight is 310 g/mol. The summed E-state index contributed by atoms with van der Waals surface area (Å²) in [4.78, 5) is 11.2. The van der Waals surface area contributed by atoms with E-state index in [1.807, 2.05) is 6.92 Å². The van der Waals surface area contributed by atoms with Gasteiger partial charge in [-0.15, -0.1) is 0 Å².